The zero-order valence-electron chi connectivity index (χ0n) is 12.1. The Morgan fingerprint density at radius 2 is 2.00 bits per heavy atom. The number of nitrogens with one attached hydrogen (secondary N) is 1. The van der Waals surface area contributed by atoms with Gasteiger partial charge < -0.3 is 14.8 Å². The van der Waals surface area contributed by atoms with Crippen LogP contribution in [0.5, 0.6) is 5.75 Å². The molecule has 0 aliphatic rings. The Labute approximate surface area is 123 Å². The number of carbonyl (C=O) groups is 1. The number of rotatable bonds is 6. The van der Waals surface area contributed by atoms with Crippen molar-refractivity contribution in [2.24, 2.45) is 0 Å². The van der Waals surface area contributed by atoms with Gasteiger partial charge in [-0.3, -0.25) is 4.79 Å². The summed E-state index contributed by atoms with van der Waals surface area (Å²) in [6.07, 6.45) is 1.48. The third kappa shape index (κ3) is 4.29. The molecule has 1 N–H and O–H groups in total. The first-order chi connectivity index (χ1) is 10.2. The van der Waals surface area contributed by atoms with Gasteiger partial charge >= 0.3 is 0 Å². The first kappa shape index (κ1) is 15.0. The molecule has 2 aromatic rings. The van der Waals surface area contributed by atoms with Crippen molar-refractivity contribution in [1.29, 1.82) is 0 Å². The van der Waals surface area contributed by atoms with E-state index in [-0.39, 0.29) is 12.0 Å². The lowest BCUT2D eigenvalue weighted by atomic mass is 10.2. The minimum Gasteiger partial charge on any atom is -0.487 e. The number of anilines is 1. The number of hydrogen-bond acceptors (Lipinski definition) is 4. The summed E-state index contributed by atoms with van der Waals surface area (Å²) in [5.74, 6) is 0.770. The maximum atomic E-state index is 12.3. The van der Waals surface area contributed by atoms with E-state index in [9.17, 15) is 4.79 Å². The summed E-state index contributed by atoms with van der Waals surface area (Å²) in [6, 6.07) is 12.4. The number of pyridine rings is 1. The third-order valence-corrected chi connectivity index (χ3v) is 2.77. The number of hydrogen-bond donors (Lipinski definition) is 1. The van der Waals surface area contributed by atoms with Crippen molar-refractivity contribution in [2.75, 3.05) is 19.0 Å². The SMILES string of the molecule is COC[C@H](C)Oc1ccccc1C(=O)Nc1ccccn1. The largest absolute Gasteiger partial charge is 0.487 e. The monoisotopic (exact) mass is 286 g/mol. The molecule has 5 nitrogen and oxygen atoms in total. The Kier molecular flexibility index (Phi) is 5.29. The van der Waals surface area contributed by atoms with E-state index >= 15 is 0 Å². The summed E-state index contributed by atoms with van der Waals surface area (Å²) < 4.78 is 10.8. The lowest BCUT2D eigenvalue weighted by Gasteiger charge is -2.16. The van der Waals surface area contributed by atoms with Crippen LogP contribution in [0.2, 0.25) is 0 Å². The van der Waals surface area contributed by atoms with Gasteiger partial charge in [-0.2, -0.15) is 0 Å². The van der Waals surface area contributed by atoms with Gasteiger partial charge in [0.1, 0.15) is 17.7 Å². The zero-order chi connectivity index (χ0) is 15.1. The van der Waals surface area contributed by atoms with E-state index < -0.39 is 0 Å². The van der Waals surface area contributed by atoms with Gasteiger partial charge in [-0.25, -0.2) is 4.98 Å². The van der Waals surface area contributed by atoms with Crippen LogP contribution in [-0.4, -0.2) is 30.7 Å². The summed E-state index contributed by atoms with van der Waals surface area (Å²) in [4.78, 5) is 16.4. The second-order valence-electron chi connectivity index (χ2n) is 4.55. The Morgan fingerprint density at radius 3 is 2.71 bits per heavy atom. The molecule has 0 aliphatic heterocycles. The Bertz CT molecular complexity index is 587. The highest BCUT2D eigenvalue weighted by atomic mass is 16.5. The average molecular weight is 286 g/mol. The molecule has 0 aliphatic carbocycles. The molecule has 2 rings (SSSR count). The number of benzene rings is 1. The number of para-hydroxylation sites is 1. The Balaban J connectivity index is 2.13. The van der Waals surface area contributed by atoms with Gasteiger partial charge in [0.2, 0.25) is 0 Å². The minimum atomic E-state index is -0.256. The molecule has 1 aromatic heterocycles. The zero-order valence-corrected chi connectivity index (χ0v) is 12.1. The molecule has 21 heavy (non-hydrogen) atoms. The van der Waals surface area contributed by atoms with Crippen molar-refractivity contribution in [3.8, 4) is 5.75 Å². The van der Waals surface area contributed by atoms with Crippen LogP contribution in [-0.2, 0) is 4.74 Å². The number of amides is 1. The summed E-state index contributed by atoms with van der Waals surface area (Å²) in [5.41, 5.74) is 0.464. The van der Waals surface area contributed by atoms with Crippen molar-refractivity contribution < 1.29 is 14.3 Å². The predicted octanol–water partition coefficient (Wildman–Crippen LogP) is 2.75. The van der Waals surface area contributed by atoms with Gasteiger partial charge in [-0.05, 0) is 31.2 Å². The van der Waals surface area contributed by atoms with E-state index in [1.54, 1.807) is 43.6 Å². The molecule has 0 radical (unpaired) electrons. The summed E-state index contributed by atoms with van der Waals surface area (Å²) in [5, 5.41) is 2.74. The Hall–Kier alpha value is -2.40. The van der Waals surface area contributed by atoms with Crippen molar-refractivity contribution in [1.82, 2.24) is 4.98 Å². The topological polar surface area (TPSA) is 60.5 Å². The van der Waals surface area contributed by atoms with Crippen molar-refractivity contribution >= 4 is 11.7 Å². The van der Waals surface area contributed by atoms with E-state index in [0.717, 1.165) is 0 Å². The van der Waals surface area contributed by atoms with E-state index in [4.69, 9.17) is 9.47 Å². The van der Waals surface area contributed by atoms with Gasteiger partial charge in [0, 0.05) is 13.3 Å². The molecule has 110 valence electrons. The first-order valence-electron chi connectivity index (χ1n) is 6.67. The number of methoxy groups -OCH3 is 1. The highest BCUT2D eigenvalue weighted by Gasteiger charge is 2.14. The highest BCUT2D eigenvalue weighted by Crippen LogP contribution is 2.20. The number of carbonyl (C=O) groups excluding carboxylic acids is 1. The maximum absolute atomic E-state index is 12.3. The van der Waals surface area contributed by atoms with Crippen LogP contribution in [0.4, 0.5) is 5.82 Å². The van der Waals surface area contributed by atoms with E-state index in [2.05, 4.69) is 10.3 Å². The molecule has 0 bridgehead atoms. The quantitative estimate of drug-likeness (QED) is 0.887. The van der Waals surface area contributed by atoms with Gasteiger partial charge in [0.15, 0.2) is 0 Å². The van der Waals surface area contributed by atoms with Crippen molar-refractivity contribution in [3.05, 3.63) is 54.2 Å². The van der Waals surface area contributed by atoms with E-state index in [0.29, 0.717) is 23.7 Å². The van der Waals surface area contributed by atoms with Crippen molar-refractivity contribution in [3.63, 3.8) is 0 Å². The molecule has 1 aromatic carbocycles. The van der Waals surface area contributed by atoms with Crippen LogP contribution in [0, 0.1) is 0 Å². The molecule has 1 amide bonds. The van der Waals surface area contributed by atoms with Crippen LogP contribution in [0.25, 0.3) is 0 Å². The molecular formula is C16H18N2O3. The first-order valence-corrected chi connectivity index (χ1v) is 6.67. The standard InChI is InChI=1S/C16H18N2O3/c1-12(11-20-2)21-14-8-4-3-7-13(14)16(19)18-15-9-5-6-10-17-15/h3-10,12H,11H2,1-2H3,(H,17,18,19)/t12-/m0/s1. The maximum Gasteiger partial charge on any atom is 0.260 e. The predicted molar refractivity (Wildman–Crippen MR) is 80.6 cm³/mol. The van der Waals surface area contributed by atoms with E-state index in [1.807, 2.05) is 19.1 Å². The summed E-state index contributed by atoms with van der Waals surface area (Å²) >= 11 is 0. The van der Waals surface area contributed by atoms with Gasteiger partial charge in [-0.15, -0.1) is 0 Å². The summed E-state index contributed by atoms with van der Waals surface area (Å²) in [6.45, 7) is 2.34. The van der Waals surface area contributed by atoms with Gasteiger partial charge in [0.25, 0.3) is 5.91 Å². The van der Waals surface area contributed by atoms with Crippen LogP contribution in [0.3, 0.4) is 0 Å². The molecule has 0 fully saturated rings. The highest BCUT2D eigenvalue weighted by molar-refractivity contribution is 6.05. The van der Waals surface area contributed by atoms with Crippen LogP contribution in [0.1, 0.15) is 17.3 Å². The molecule has 1 heterocycles. The molecule has 1 atom stereocenters. The fourth-order valence-corrected chi connectivity index (χ4v) is 1.86. The average Bonchev–Trinajstić information content (AvgIpc) is 2.49. The fourth-order valence-electron chi connectivity index (χ4n) is 1.86. The molecular weight excluding hydrogens is 268 g/mol. The molecule has 0 unspecified atom stereocenters. The number of nitrogens with zero attached hydrogens (tertiary/aromatic N) is 1. The smallest absolute Gasteiger partial charge is 0.260 e. The Morgan fingerprint density at radius 1 is 1.24 bits per heavy atom. The second-order valence-corrected chi connectivity index (χ2v) is 4.55. The molecule has 0 spiro atoms. The second kappa shape index (κ2) is 7.40. The van der Waals surface area contributed by atoms with Gasteiger partial charge in [0.05, 0.1) is 12.2 Å². The molecule has 5 heteroatoms. The number of aromatic nitrogens is 1. The normalized spacial score (nSPS) is 11.7. The number of ether oxygens (including phenoxy) is 2. The van der Waals surface area contributed by atoms with Gasteiger partial charge in [-0.1, -0.05) is 18.2 Å². The minimum absolute atomic E-state index is 0.140. The summed E-state index contributed by atoms with van der Waals surface area (Å²) in [7, 11) is 1.61. The fraction of sp³-hybridized carbons (Fsp3) is 0.250. The lowest BCUT2D eigenvalue weighted by Crippen LogP contribution is -2.21. The van der Waals surface area contributed by atoms with E-state index in [1.165, 1.54) is 0 Å². The van der Waals surface area contributed by atoms with Crippen LogP contribution >= 0.6 is 0 Å². The van der Waals surface area contributed by atoms with Crippen molar-refractivity contribution in [2.45, 2.75) is 13.0 Å². The molecule has 0 saturated heterocycles. The lowest BCUT2D eigenvalue weighted by molar-refractivity contribution is 0.0891. The van der Waals surface area contributed by atoms with Crippen LogP contribution in [0.15, 0.2) is 48.7 Å². The molecule has 0 saturated carbocycles. The third-order valence-electron chi connectivity index (χ3n) is 2.77. The van der Waals surface area contributed by atoms with Crippen LogP contribution < -0.4 is 10.1 Å².